The average molecular weight is 335 g/mol. The molecule has 1 aliphatic rings. The van der Waals surface area contributed by atoms with Crippen LogP contribution < -0.4 is 5.73 Å². The van der Waals surface area contributed by atoms with Crippen LogP contribution in [0.3, 0.4) is 0 Å². The van der Waals surface area contributed by atoms with Crippen molar-refractivity contribution in [3.63, 3.8) is 0 Å². The first-order valence-electron chi connectivity index (χ1n) is 6.31. The molecule has 0 aliphatic carbocycles. The molecule has 6 nitrogen and oxygen atoms in total. The number of rotatable bonds is 3. The van der Waals surface area contributed by atoms with Crippen molar-refractivity contribution < 1.29 is 17.9 Å². The minimum absolute atomic E-state index is 0. The second kappa shape index (κ2) is 6.74. The Morgan fingerprint density at radius 2 is 2.10 bits per heavy atom. The molecule has 1 atom stereocenters. The summed E-state index contributed by atoms with van der Waals surface area (Å²) in [7, 11) is -2.34. The molecule has 0 saturated carbocycles. The maximum absolute atomic E-state index is 12.5. The number of carbonyl (C=O) groups excluding carboxylic acids is 1. The fraction of sp³-hybridized carbons (Fsp3) is 0.462. The van der Waals surface area contributed by atoms with Gasteiger partial charge in [-0.3, -0.25) is 0 Å². The number of hydrogen-bond donors (Lipinski definition) is 1. The number of esters is 1. The molecule has 1 aromatic rings. The summed E-state index contributed by atoms with van der Waals surface area (Å²) < 4.78 is 31.0. The van der Waals surface area contributed by atoms with Crippen molar-refractivity contribution in [3.05, 3.63) is 29.3 Å². The van der Waals surface area contributed by atoms with Crippen molar-refractivity contribution in [2.75, 3.05) is 20.2 Å². The highest BCUT2D eigenvalue weighted by Crippen LogP contribution is 2.23. The molecule has 1 saturated heterocycles. The van der Waals surface area contributed by atoms with Crippen LogP contribution in [0.5, 0.6) is 0 Å². The van der Waals surface area contributed by atoms with Gasteiger partial charge in [-0.25, -0.2) is 13.2 Å². The van der Waals surface area contributed by atoms with Crippen molar-refractivity contribution in [1.82, 2.24) is 4.31 Å². The lowest BCUT2D eigenvalue weighted by Gasteiger charge is -2.16. The van der Waals surface area contributed by atoms with Crippen LogP contribution in [-0.4, -0.2) is 44.9 Å². The highest BCUT2D eigenvalue weighted by atomic mass is 35.5. The Labute approximate surface area is 130 Å². The van der Waals surface area contributed by atoms with E-state index in [1.54, 1.807) is 13.0 Å². The quantitative estimate of drug-likeness (QED) is 0.830. The third-order valence-electron chi connectivity index (χ3n) is 3.44. The molecule has 0 unspecified atom stereocenters. The molecule has 0 bridgehead atoms. The summed E-state index contributed by atoms with van der Waals surface area (Å²) in [6, 6.07) is 4.34. The Morgan fingerprint density at radius 3 is 2.62 bits per heavy atom. The van der Waals surface area contributed by atoms with Gasteiger partial charge in [0.1, 0.15) is 0 Å². The predicted octanol–water partition coefficient (Wildman–Crippen LogP) is 0.925. The van der Waals surface area contributed by atoms with Gasteiger partial charge >= 0.3 is 5.97 Å². The maximum atomic E-state index is 12.5. The van der Waals surface area contributed by atoms with Gasteiger partial charge in [-0.2, -0.15) is 4.31 Å². The number of hydrogen-bond acceptors (Lipinski definition) is 5. The van der Waals surface area contributed by atoms with Crippen LogP contribution in [0.15, 0.2) is 23.1 Å². The zero-order valence-electron chi connectivity index (χ0n) is 11.9. The van der Waals surface area contributed by atoms with E-state index < -0.39 is 16.0 Å². The SMILES string of the molecule is COC(=O)c1cc(S(=O)(=O)N2CC[C@@H](N)C2)ccc1C.Cl. The van der Waals surface area contributed by atoms with Gasteiger partial charge in [0, 0.05) is 19.1 Å². The zero-order valence-corrected chi connectivity index (χ0v) is 13.5. The molecule has 118 valence electrons. The van der Waals surface area contributed by atoms with Crippen molar-refractivity contribution in [2.45, 2.75) is 24.3 Å². The molecule has 1 aromatic carbocycles. The van der Waals surface area contributed by atoms with Crippen molar-refractivity contribution in [3.8, 4) is 0 Å². The molecule has 1 heterocycles. The number of sulfonamides is 1. The summed E-state index contributed by atoms with van der Waals surface area (Å²) in [5.74, 6) is -0.544. The van der Waals surface area contributed by atoms with Crippen molar-refractivity contribution in [1.29, 1.82) is 0 Å². The molecule has 0 amide bonds. The fourth-order valence-corrected chi connectivity index (χ4v) is 3.75. The molecule has 21 heavy (non-hydrogen) atoms. The Kier molecular flexibility index (Phi) is 5.75. The van der Waals surface area contributed by atoms with Crippen LogP contribution >= 0.6 is 12.4 Å². The smallest absolute Gasteiger partial charge is 0.338 e. The van der Waals surface area contributed by atoms with Gasteiger partial charge < -0.3 is 10.5 Å². The molecule has 1 aliphatic heterocycles. The number of halogens is 1. The summed E-state index contributed by atoms with van der Waals surface area (Å²) in [5.41, 5.74) is 6.68. The minimum Gasteiger partial charge on any atom is -0.465 e. The van der Waals surface area contributed by atoms with Gasteiger partial charge in [-0.05, 0) is 31.0 Å². The largest absolute Gasteiger partial charge is 0.465 e. The van der Waals surface area contributed by atoms with E-state index in [9.17, 15) is 13.2 Å². The molecule has 0 spiro atoms. The predicted molar refractivity (Wildman–Crippen MR) is 81.1 cm³/mol. The maximum Gasteiger partial charge on any atom is 0.338 e. The first-order chi connectivity index (χ1) is 9.36. The normalized spacial score (nSPS) is 19.1. The number of nitrogens with zero attached hydrogens (tertiary/aromatic N) is 1. The lowest BCUT2D eigenvalue weighted by molar-refractivity contribution is 0.0599. The summed E-state index contributed by atoms with van der Waals surface area (Å²) in [5, 5.41) is 0. The summed E-state index contributed by atoms with van der Waals surface area (Å²) in [6.45, 7) is 2.45. The number of benzene rings is 1. The van der Waals surface area contributed by atoms with E-state index in [4.69, 9.17) is 5.73 Å². The summed E-state index contributed by atoms with van der Waals surface area (Å²) in [6.07, 6.45) is 0.648. The molecule has 8 heteroatoms. The summed E-state index contributed by atoms with van der Waals surface area (Å²) >= 11 is 0. The third kappa shape index (κ3) is 3.55. The third-order valence-corrected chi connectivity index (χ3v) is 5.30. The van der Waals surface area contributed by atoms with Gasteiger partial charge in [-0.1, -0.05) is 6.07 Å². The second-order valence-electron chi connectivity index (χ2n) is 4.88. The molecule has 0 aromatic heterocycles. The molecule has 1 fully saturated rings. The highest BCUT2D eigenvalue weighted by Gasteiger charge is 2.31. The van der Waals surface area contributed by atoms with Crippen LogP contribution in [0.4, 0.5) is 0 Å². The number of nitrogens with two attached hydrogens (primary N) is 1. The van der Waals surface area contributed by atoms with Crippen LogP contribution in [0, 0.1) is 6.92 Å². The van der Waals surface area contributed by atoms with Gasteiger partial charge in [-0.15, -0.1) is 12.4 Å². The monoisotopic (exact) mass is 334 g/mol. The fourth-order valence-electron chi connectivity index (χ4n) is 2.21. The van der Waals surface area contributed by atoms with Crippen LogP contribution in [-0.2, 0) is 14.8 Å². The number of carbonyl (C=O) groups is 1. The highest BCUT2D eigenvalue weighted by molar-refractivity contribution is 7.89. The Morgan fingerprint density at radius 1 is 1.43 bits per heavy atom. The van der Waals surface area contributed by atoms with E-state index in [2.05, 4.69) is 4.74 Å². The first kappa shape index (κ1) is 17.9. The number of ether oxygens (including phenoxy) is 1. The molecular weight excluding hydrogens is 316 g/mol. The van der Waals surface area contributed by atoms with E-state index in [0.29, 0.717) is 25.1 Å². The lowest BCUT2D eigenvalue weighted by atomic mass is 10.1. The Balaban J connectivity index is 0.00000220. The Bertz CT molecular complexity index is 633. The summed E-state index contributed by atoms with van der Waals surface area (Å²) in [4.78, 5) is 11.7. The standard InChI is InChI=1S/C13H18N2O4S.ClH/c1-9-3-4-11(7-12(9)13(16)19-2)20(17,18)15-6-5-10(14)8-15;/h3-4,7,10H,5-6,8,14H2,1-2H3;1H/t10-;/m1./s1. The minimum atomic E-state index is -3.61. The van der Waals surface area contributed by atoms with E-state index >= 15 is 0 Å². The lowest BCUT2D eigenvalue weighted by Crippen LogP contribution is -2.32. The van der Waals surface area contributed by atoms with Crippen LogP contribution in [0.1, 0.15) is 22.3 Å². The van der Waals surface area contributed by atoms with Gasteiger partial charge in [0.2, 0.25) is 10.0 Å². The molecule has 2 rings (SSSR count). The van der Waals surface area contributed by atoms with E-state index in [1.807, 2.05) is 0 Å². The van der Waals surface area contributed by atoms with Crippen LogP contribution in [0.25, 0.3) is 0 Å². The van der Waals surface area contributed by atoms with E-state index in [1.165, 1.54) is 23.5 Å². The number of aryl methyl sites for hydroxylation is 1. The van der Waals surface area contributed by atoms with Gasteiger partial charge in [0.25, 0.3) is 0 Å². The Hall–Kier alpha value is -1.15. The van der Waals surface area contributed by atoms with Crippen molar-refractivity contribution in [2.24, 2.45) is 5.73 Å². The molecule has 0 radical (unpaired) electrons. The average Bonchev–Trinajstić information content (AvgIpc) is 2.85. The molecule has 2 N–H and O–H groups in total. The zero-order chi connectivity index (χ0) is 14.9. The van der Waals surface area contributed by atoms with Gasteiger partial charge in [0.15, 0.2) is 0 Å². The second-order valence-corrected chi connectivity index (χ2v) is 6.82. The van der Waals surface area contributed by atoms with Crippen molar-refractivity contribution >= 4 is 28.4 Å². The first-order valence-corrected chi connectivity index (χ1v) is 7.75. The van der Waals surface area contributed by atoms with E-state index in [-0.39, 0.29) is 28.9 Å². The number of methoxy groups -OCH3 is 1. The van der Waals surface area contributed by atoms with E-state index in [0.717, 1.165) is 0 Å². The topological polar surface area (TPSA) is 89.7 Å². The molecular formula is C13H19ClN2O4S. The van der Waals surface area contributed by atoms with Crippen LogP contribution in [0.2, 0.25) is 0 Å². The van der Waals surface area contributed by atoms with Gasteiger partial charge in [0.05, 0.1) is 17.6 Å².